The maximum absolute atomic E-state index is 13.4. The van der Waals surface area contributed by atoms with Gasteiger partial charge >= 0.3 is 0 Å². The molecule has 0 atom stereocenters. The largest absolute Gasteiger partial charge is 0.291 e. The maximum atomic E-state index is 13.4. The Morgan fingerprint density at radius 1 is 1.04 bits per heavy atom. The van der Waals surface area contributed by atoms with Crippen LogP contribution in [0.25, 0.3) is 0 Å². The molecular formula is C20H17F3N2OS. The molecule has 0 saturated carbocycles. The molecule has 0 spiro atoms. The Labute approximate surface area is 158 Å². The predicted octanol–water partition coefficient (Wildman–Crippen LogP) is 4.39. The molecule has 1 aromatic heterocycles. The first-order valence-electron chi connectivity index (χ1n) is 8.23. The van der Waals surface area contributed by atoms with Gasteiger partial charge < -0.3 is 0 Å². The first-order valence-corrected chi connectivity index (χ1v) is 9.21. The first kappa shape index (κ1) is 19.2. The van der Waals surface area contributed by atoms with Gasteiger partial charge in [-0.2, -0.15) is 0 Å². The molecule has 3 aromatic rings. The van der Waals surface area contributed by atoms with E-state index in [-0.39, 0.29) is 17.8 Å². The van der Waals surface area contributed by atoms with Crippen molar-refractivity contribution < 1.29 is 13.2 Å². The van der Waals surface area contributed by atoms with E-state index in [4.69, 9.17) is 0 Å². The van der Waals surface area contributed by atoms with Gasteiger partial charge in [-0.25, -0.2) is 18.2 Å². The minimum atomic E-state index is -0.906. The minimum absolute atomic E-state index is 0.209. The summed E-state index contributed by atoms with van der Waals surface area (Å²) in [6.07, 6.45) is 0.289. The highest BCUT2D eigenvalue weighted by atomic mass is 32.2. The van der Waals surface area contributed by atoms with Gasteiger partial charge in [0, 0.05) is 30.5 Å². The van der Waals surface area contributed by atoms with E-state index in [0.717, 1.165) is 12.1 Å². The second kappa shape index (κ2) is 8.00. The molecule has 3 nitrogen and oxygen atoms in total. The summed E-state index contributed by atoms with van der Waals surface area (Å²) in [5.74, 6) is -1.81. The van der Waals surface area contributed by atoms with Crippen molar-refractivity contribution in [1.29, 1.82) is 0 Å². The zero-order chi connectivity index (χ0) is 19.6. The molecule has 0 aliphatic carbocycles. The number of aromatic nitrogens is 2. The molecule has 1 heterocycles. The van der Waals surface area contributed by atoms with Crippen molar-refractivity contribution in [3.63, 3.8) is 0 Å². The second-order valence-electron chi connectivity index (χ2n) is 6.17. The van der Waals surface area contributed by atoms with Crippen LogP contribution < -0.4 is 5.56 Å². The van der Waals surface area contributed by atoms with Gasteiger partial charge in [-0.1, -0.05) is 30.0 Å². The lowest BCUT2D eigenvalue weighted by atomic mass is 10.1. The van der Waals surface area contributed by atoms with Crippen molar-refractivity contribution in [3.8, 4) is 0 Å². The molecule has 2 aromatic carbocycles. The fourth-order valence-electron chi connectivity index (χ4n) is 2.69. The Morgan fingerprint density at radius 2 is 1.81 bits per heavy atom. The molecule has 0 unspecified atom stereocenters. The number of nitrogens with zero attached hydrogens (tertiary/aromatic N) is 2. The van der Waals surface area contributed by atoms with Gasteiger partial charge in [0.05, 0.1) is 0 Å². The Balaban J connectivity index is 1.83. The number of rotatable bonds is 5. The van der Waals surface area contributed by atoms with Crippen LogP contribution in [0.4, 0.5) is 13.2 Å². The third-order valence-electron chi connectivity index (χ3n) is 4.17. The number of aryl methyl sites for hydroxylation is 1. The van der Waals surface area contributed by atoms with Gasteiger partial charge in [0.25, 0.3) is 5.56 Å². The van der Waals surface area contributed by atoms with Crippen LogP contribution in [0, 0.1) is 24.4 Å². The Kier molecular flexibility index (Phi) is 5.70. The minimum Gasteiger partial charge on any atom is -0.291 e. The average Bonchev–Trinajstić information content (AvgIpc) is 2.63. The number of thioether (sulfide) groups is 1. The summed E-state index contributed by atoms with van der Waals surface area (Å²) in [4.78, 5) is 17.2. The molecule has 0 saturated heterocycles. The van der Waals surface area contributed by atoms with Crippen LogP contribution >= 0.6 is 11.8 Å². The smallest absolute Gasteiger partial charge is 0.257 e. The van der Waals surface area contributed by atoms with E-state index in [2.05, 4.69) is 4.98 Å². The fraction of sp³-hybridized carbons (Fsp3) is 0.200. The number of hydrogen-bond donors (Lipinski definition) is 0. The molecule has 0 amide bonds. The van der Waals surface area contributed by atoms with Crippen molar-refractivity contribution in [3.05, 3.63) is 92.7 Å². The monoisotopic (exact) mass is 390 g/mol. The predicted molar refractivity (Wildman–Crippen MR) is 99.3 cm³/mol. The second-order valence-corrected chi connectivity index (χ2v) is 7.11. The summed E-state index contributed by atoms with van der Waals surface area (Å²) in [6.45, 7) is 1.73. The summed E-state index contributed by atoms with van der Waals surface area (Å²) in [5.41, 5.74) is 2.14. The van der Waals surface area contributed by atoms with Crippen molar-refractivity contribution >= 4 is 11.8 Å². The van der Waals surface area contributed by atoms with E-state index in [1.165, 1.54) is 34.5 Å². The third kappa shape index (κ3) is 4.42. The van der Waals surface area contributed by atoms with Crippen molar-refractivity contribution in [2.45, 2.75) is 24.3 Å². The van der Waals surface area contributed by atoms with E-state index in [1.807, 2.05) is 0 Å². The Morgan fingerprint density at radius 3 is 2.52 bits per heavy atom. The number of benzene rings is 2. The van der Waals surface area contributed by atoms with Crippen LogP contribution in [-0.2, 0) is 19.2 Å². The zero-order valence-corrected chi connectivity index (χ0v) is 15.6. The SMILES string of the molecule is Cc1nc(SCc2ccc(F)c(F)c2)n(C)c(=O)c1Cc1cccc(F)c1. The molecular weight excluding hydrogens is 373 g/mol. The molecule has 0 aliphatic heterocycles. The molecule has 0 N–H and O–H groups in total. The zero-order valence-electron chi connectivity index (χ0n) is 14.8. The molecule has 0 radical (unpaired) electrons. The highest BCUT2D eigenvalue weighted by molar-refractivity contribution is 7.98. The van der Waals surface area contributed by atoms with Crippen LogP contribution in [-0.4, -0.2) is 9.55 Å². The van der Waals surface area contributed by atoms with E-state index in [1.54, 1.807) is 26.1 Å². The van der Waals surface area contributed by atoms with Gasteiger partial charge in [-0.15, -0.1) is 0 Å². The van der Waals surface area contributed by atoms with Crippen molar-refractivity contribution in [2.75, 3.05) is 0 Å². The normalized spacial score (nSPS) is 11.0. The van der Waals surface area contributed by atoms with Crippen molar-refractivity contribution in [2.24, 2.45) is 7.05 Å². The maximum Gasteiger partial charge on any atom is 0.257 e. The molecule has 7 heteroatoms. The summed E-state index contributed by atoms with van der Waals surface area (Å²) in [5, 5.41) is 0.477. The lowest BCUT2D eigenvalue weighted by Crippen LogP contribution is -2.25. The Bertz CT molecular complexity index is 1050. The molecule has 27 heavy (non-hydrogen) atoms. The van der Waals surface area contributed by atoms with Crippen LogP contribution in [0.2, 0.25) is 0 Å². The summed E-state index contributed by atoms with van der Waals surface area (Å²) in [6, 6.07) is 9.80. The molecule has 140 valence electrons. The summed E-state index contributed by atoms with van der Waals surface area (Å²) in [7, 11) is 1.61. The molecule has 3 rings (SSSR count). The van der Waals surface area contributed by atoms with Gasteiger partial charge in [0.2, 0.25) is 0 Å². The quantitative estimate of drug-likeness (QED) is 0.479. The van der Waals surface area contributed by atoms with Crippen LogP contribution in [0.5, 0.6) is 0 Å². The van der Waals surface area contributed by atoms with E-state index < -0.39 is 11.6 Å². The van der Waals surface area contributed by atoms with Crippen LogP contribution in [0.15, 0.2) is 52.4 Å². The molecule has 0 aliphatic rings. The highest BCUT2D eigenvalue weighted by Crippen LogP contribution is 2.22. The van der Waals surface area contributed by atoms with Crippen molar-refractivity contribution in [1.82, 2.24) is 9.55 Å². The van der Waals surface area contributed by atoms with Gasteiger partial charge in [0.1, 0.15) is 5.82 Å². The topological polar surface area (TPSA) is 34.9 Å². The van der Waals surface area contributed by atoms with Gasteiger partial charge in [-0.3, -0.25) is 9.36 Å². The summed E-state index contributed by atoms with van der Waals surface area (Å²) >= 11 is 1.26. The third-order valence-corrected chi connectivity index (χ3v) is 5.27. The first-order chi connectivity index (χ1) is 12.8. The molecule has 0 fully saturated rings. The van der Waals surface area contributed by atoms with E-state index in [0.29, 0.717) is 33.3 Å². The number of halogens is 3. The van der Waals surface area contributed by atoms with E-state index in [9.17, 15) is 18.0 Å². The highest BCUT2D eigenvalue weighted by Gasteiger charge is 2.14. The lowest BCUT2D eigenvalue weighted by molar-refractivity contribution is 0.507. The van der Waals surface area contributed by atoms with E-state index >= 15 is 0 Å². The average molecular weight is 390 g/mol. The summed E-state index contributed by atoms with van der Waals surface area (Å²) < 4.78 is 41.1. The van der Waals surface area contributed by atoms with Crippen LogP contribution in [0.3, 0.4) is 0 Å². The fourth-order valence-corrected chi connectivity index (χ4v) is 3.64. The molecule has 0 bridgehead atoms. The number of hydrogen-bond acceptors (Lipinski definition) is 3. The Hall–Kier alpha value is -2.54. The van der Waals surface area contributed by atoms with Gasteiger partial charge in [-0.05, 0) is 42.3 Å². The van der Waals surface area contributed by atoms with Gasteiger partial charge in [0.15, 0.2) is 16.8 Å². The lowest BCUT2D eigenvalue weighted by Gasteiger charge is -2.12. The van der Waals surface area contributed by atoms with Crippen LogP contribution in [0.1, 0.15) is 22.4 Å². The standard InChI is InChI=1S/C20H17F3N2OS/c1-12-16(9-13-4-3-5-15(21)8-13)19(26)25(2)20(24-12)27-11-14-6-7-17(22)18(23)10-14/h3-8,10H,9,11H2,1-2H3.